The Kier molecular flexibility index (Phi) is 5.55. The maximum atomic E-state index is 12.0. The molecule has 0 atom stereocenters. The van der Waals surface area contributed by atoms with E-state index in [-0.39, 0.29) is 17.4 Å². The van der Waals surface area contributed by atoms with Gasteiger partial charge >= 0.3 is 0 Å². The van der Waals surface area contributed by atoms with Crippen LogP contribution in [0.5, 0.6) is 0 Å². The van der Waals surface area contributed by atoms with Gasteiger partial charge in [0.05, 0.1) is 11.4 Å². The highest BCUT2D eigenvalue weighted by atomic mass is 32.2. The molecule has 0 spiro atoms. The van der Waals surface area contributed by atoms with E-state index in [4.69, 9.17) is 5.73 Å². The van der Waals surface area contributed by atoms with Gasteiger partial charge in [-0.15, -0.1) is 0 Å². The van der Waals surface area contributed by atoms with Crippen molar-refractivity contribution in [3.63, 3.8) is 0 Å². The van der Waals surface area contributed by atoms with Crippen molar-refractivity contribution >= 4 is 10.0 Å². The number of benzene rings is 1. The van der Waals surface area contributed by atoms with Crippen LogP contribution >= 0.6 is 0 Å². The van der Waals surface area contributed by atoms with Crippen LogP contribution in [0.2, 0.25) is 0 Å². The second kappa shape index (κ2) is 6.71. The van der Waals surface area contributed by atoms with Crippen molar-refractivity contribution in [3.05, 3.63) is 29.3 Å². The fourth-order valence-corrected chi connectivity index (χ4v) is 2.75. The molecule has 4 nitrogen and oxygen atoms in total. The summed E-state index contributed by atoms with van der Waals surface area (Å²) in [6.45, 7) is 6.46. The topological polar surface area (TPSA) is 72.2 Å². The number of nitrogens with two attached hydrogens (primary N) is 1. The standard InChI is InChI=1S/C14H20N2O2S/c1-11(2)10-16-19(17,18)14-7-6-13(5-4-8-15)12(3)9-14/h6-7,9,11,16H,8,10,15H2,1-3H3. The van der Waals surface area contributed by atoms with Gasteiger partial charge in [0.1, 0.15) is 0 Å². The number of hydrogen-bond acceptors (Lipinski definition) is 3. The Morgan fingerprint density at radius 3 is 2.58 bits per heavy atom. The fraction of sp³-hybridized carbons (Fsp3) is 0.429. The van der Waals surface area contributed by atoms with E-state index in [0.717, 1.165) is 11.1 Å². The van der Waals surface area contributed by atoms with Crippen LogP contribution in [0.1, 0.15) is 25.0 Å². The molecule has 0 saturated heterocycles. The van der Waals surface area contributed by atoms with Gasteiger partial charge in [0.2, 0.25) is 10.0 Å². The molecule has 1 aromatic carbocycles. The molecule has 0 fully saturated rings. The van der Waals surface area contributed by atoms with Gasteiger partial charge in [0.25, 0.3) is 0 Å². The molecule has 104 valence electrons. The van der Waals surface area contributed by atoms with Crippen molar-refractivity contribution < 1.29 is 8.42 Å². The first-order chi connectivity index (χ1) is 8.86. The van der Waals surface area contributed by atoms with E-state index in [2.05, 4.69) is 16.6 Å². The van der Waals surface area contributed by atoms with Crippen molar-refractivity contribution in [2.24, 2.45) is 11.7 Å². The van der Waals surface area contributed by atoms with Gasteiger partial charge in [-0.3, -0.25) is 0 Å². The lowest BCUT2D eigenvalue weighted by atomic mass is 10.1. The predicted octanol–water partition coefficient (Wildman–Crippen LogP) is 1.24. The normalized spacial score (nSPS) is 11.2. The molecule has 0 aliphatic heterocycles. The lowest BCUT2D eigenvalue weighted by Crippen LogP contribution is -2.27. The van der Waals surface area contributed by atoms with Crippen LogP contribution < -0.4 is 10.5 Å². The molecule has 0 heterocycles. The third-order valence-corrected chi connectivity index (χ3v) is 3.94. The Hall–Kier alpha value is -1.35. The van der Waals surface area contributed by atoms with Crippen LogP contribution in [0, 0.1) is 24.7 Å². The van der Waals surface area contributed by atoms with Gasteiger partial charge in [-0.05, 0) is 36.6 Å². The van der Waals surface area contributed by atoms with Crippen LogP contribution in [0.3, 0.4) is 0 Å². The molecule has 0 aromatic heterocycles. The molecule has 0 unspecified atom stereocenters. The number of sulfonamides is 1. The molecular weight excluding hydrogens is 260 g/mol. The smallest absolute Gasteiger partial charge is 0.240 e. The number of hydrogen-bond donors (Lipinski definition) is 2. The van der Waals surface area contributed by atoms with Gasteiger partial charge in [0.15, 0.2) is 0 Å². The average Bonchev–Trinajstić information content (AvgIpc) is 2.35. The molecule has 3 N–H and O–H groups in total. The molecular formula is C14H20N2O2S. The maximum absolute atomic E-state index is 12.0. The predicted molar refractivity (Wildman–Crippen MR) is 77.1 cm³/mol. The van der Waals surface area contributed by atoms with Crippen LogP contribution in [-0.2, 0) is 10.0 Å². The number of nitrogens with one attached hydrogen (secondary N) is 1. The van der Waals surface area contributed by atoms with E-state index in [1.165, 1.54) is 0 Å². The highest BCUT2D eigenvalue weighted by Gasteiger charge is 2.14. The Labute approximate surface area is 115 Å². The zero-order valence-corrected chi connectivity index (χ0v) is 12.3. The molecule has 5 heteroatoms. The summed E-state index contributed by atoms with van der Waals surface area (Å²) >= 11 is 0. The van der Waals surface area contributed by atoms with Gasteiger partial charge in [0, 0.05) is 12.1 Å². The summed E-state index contributed by atoms with van der Waals surface area (Å²) < 4.78 is 26.7. The summed E-state index contributed by atoms with van der Waals surface area (Å²) in [6.07, 6.45) is 0. The lowest BCUT2D eigenvalue weighted by Gasteiger charge is -2.10. The molecule has 0 aliphatic rings. The summed E-state index contributed by atoms with van der Waals surface area (Å²) in [5, 5.41) is 0. The van der Waals surface area contributed by atoms with Gasteiger partial charge in [-0.25, -0.2) is 13.1 Å². The molecule has 1 aromatic rings. The van der Waals surface area contributed by atoms with E-state index in [1.54, 1.807) is 18.2 Å². The summed E-state index contributed by atoms with van der Waals surface area (Å²) in [4.78, 5) is 0.268. The summed E-state index contributed by atoms with van der Waals surface area (Å²) in [6, 6.07) is 4.90. The lowest BCUT2D eigenvalue weighted by molar-refractivity contribution is 0.560. The Balaban J connectivity index is 3.00. The van der Waals surface area contributed by atoms with Crippen molar-refractivity contribution in [2.75, 3.05) is 13.1 Å². The summed E-state index contributed by atoms with van der Waals surface area (Å²) in [7, 11) is -3.44. The third kappa shape index (κ3) is 4.67. The Bertz CT molecular complexity index is 596. The quantitative estimate of drug-likeness (QED) is 0.815. The molecule has 1 rings (SSSR count). The third-order valence-electron chi connectivity index (χ3n) is 2.51. The molecule has 0 bridgehead atoms. The Morgan fingerprint density at radius 1 is 1.37 bits per heavy atom. The van der Waals surface area contributed by atoms with Crippen molar-refractivity contribution in [3.8, 4) is 11.8 Å². The minimum absolute atomic E-state index is 0.268. The van der Waals surface area contributed by atoms with Gasteiger partial charge in [-0.2, -0.15) is 0 Å². The molecule has 0 saturated carbocycles. The molecule has 0 radical (unpaired) electrons. The van der Waals surface area contributed by atoms with Gasteiger partial charge < -0.3 is 5.73 Å². The first-order valence-corrected chi connectivity index (χ1v) is 7.64. The highest BCUT2D eigenvalue weighted by Crippen LogP contribution is 2.15. The van der Waals surface area contributed by atoms with Crippen molar-refractivity contribution in [1.82, 2.24) is 4.72 Å². The van der Waals surface area contributed by atoms with Crippen molar-refractivity contribution in [2.45, 2.75) is 25.7 Å². The first-order valence-electron chi connectivity index (χ1n) is 6.16. The minimum Gasteiger partial charge on any atom is -0.320 e. The number of aryl methyl sites for hydroxylation is 1. The van der Waals surface area contributed by atoms with E-state index in [0.29, 0.717) is 6.54 Å². The van der Waals surface area contributed by atoms with E-state index < -0.39 is 10.0 Å². The second-order valence-electron chi connectivity index (χ2n) is 4.73. The van der Waals surface area contributed by atoms with E-state index in [9.17, 15) is 8.42 Å². The van der Waals surface area contributed by atoms with E-state index in [1.807, 2.05) is 20.8 Å². The number of rotatable bonds is 4. The molecule has 0 aliphatic carbocycles. The zero-order chi connectivity index (χ0) is 14.5. The van der Waals surface area contributed by atoms with Crippen LogP contribution in [0.25, 0.3) is 0 Å². The summed E-state index contributed by atoms with van der Waals surface area (Å²) in [5.41, 5.74) is 6.94. The van der Waals surface area contributed by atoms with Crippen molar-refractivity contribution in [1.29, 1.82) is 0 Å². The molecule has 0 amide bonds. The Morgan fingerprint density at radius 2 is 2.05 bits per heavy atom. The first kappa shape index (κ1) is 15.7. The zero-order valence-electron chi connectivity index (χ0n) is 11.5. The van der Waals surface area contributed by atoms with Gasteiger partial charge in [-0.1, -0.05) is 25.7 Å². The maximum Gasteiger partial charge on any atom is 0.240 e. The highest BCUT2D eigenvalue weighted by molar-refractivity contribution is 7.89. The molecule has 19 heavy (non-hydrogen) atoms. The SMILES string of the molecule is Cc1cc(S(=O)(=O)NCC(C)C)ccc1C#CCN. The van der Waals surface area contributed by atoms with E-state index >= 15 is 0 Å². The van der Waals surface area contributed by atoms with Crippen LogP contribution in [0.15, 0.2) is 23.1 Å². The average molecular weight is 280 g/mol. The fourth-order valence-electron chi connectivity index (χ4n) is 1.45. The van der Waals surface area contributed by atoms with Crippen LogP contribution in [-0.4, -0.2) is 21.5 Å². The summed E-state index contributed by atoms with van der Waals surface area (Å²) in [5.74, 6) is 5.94. The monoisotopic (exact) mass is 280 g/mol. The second-order valence-corrected chi connectivity index (χ2v) is 6.50. The van der Waals surface area contributed by atoms with Crippen LogP contribution in [0.4, 0.5) is 0 Å². The minimum atomic E-state index is -3.44. The largest absolute Gasteiger partial charge is 0.320 e.